The fourth-order valence-electron chi connectivity index (χ4n) is 2.38. The van der Waals surface area contributed by atoms with Gasteiger partial charge in [0.2, 0.25) is 0 Å². The number of unbranched alkanes of at least 4 members (excludes halogenated alkanes) is 7. The minimum atomic E-state index is 1.29. The molecule has 0 fully saturated rings. The van der Waals surface area contributed by atoms with Gasteiger partial charge in [0.15, 0.2) is 0 Å². The second-order valence-corrected chi connectivity index (χ2v) is 7.04. The monoisotopic (exact) mass is 280 g/mol. The van der Waals surface area contributed by atoms with Crippen LogP contribution in [0.5, 0.6) is 0 Å². The molecule has 0 nitrogen and oxygen atoms in total. The summed E-state index contributed by atoms with van der Waals surface area (Å²) in [6.45, 7) is 2.28. The molecule has 2 heteroatoms. The Balaban J connectivity index is 1.54. The Bertz CT molecular complexity index is 410. The van der Waals surface area contributed by atoms with Crippen molar-refractivity contribution >= 4 is 32.8 Å². The van der Waals surface area contributed by atoms with Gasteiger partial charge in [-0.3, -0.25) is 0 Å². The lowest BCUT2D eigenvalue weighted by Crippen LogP contribution is -1.83. The summed E-state index contributed by atoms with van der Waals surface area (Å²) >= 11 is 3.81. The predicted molar refractivity (Wildman–Crippen MR) is 86.0 cm³/mol. The quantitative estimate of drug-likeness (QED) is 0.451. The Kier molecular flexibility index (Phi) is 6.22. The van der Waals surface area contributed by atoms with Crippen LogP contribution < -0.4 is 0 Å². The largest absolute Gasteiger partial charge is 0.150 e. The maximum Gasteiger partial charge on any atom is 0.0452 e. The van der Waals surface area contributed by atoms with E-state index in [0.717, 1.165) is 0 Å². The molecule has 2 heterocycles. The van der Waals surface area contributed by atoms with Crippen LogP contribution in [0.4, 0.5) is 0 Å². The maximum absolute atomic E-state index is 2.39. The average molecular weight is 281 g/mol. The summed E-state index contributed by atoms with van der Waals surface area (Å²) in [5.74, 6) is 0. The highest BCUT2D eigenvalue weighted by Gasteiger charge is 2.02. The smallest absolute Gasteiger partial charge is 0.0452 e. The van der Waals surface area contributed by atoms with E-state index in [9.17, 15) is 0 Å². The summed E-state index contributed by atoms with van der Waals surface area (Å²) in [7, 11) is 0. The molecule has 0 aliphatic rings. The fraction of sp³-hybridized carbons (Fsp3) is 0.625. The number of rotatable bonds is 9. The first kappa shape index (κ1) is 14.1. The number of aryl methyl sites for hydroxylation is 1. The molecule has 0 saturated heterocycles. The van der Waals surface area contributed by atoms with E-state index in [-0.39, 0.29) is 0 Å². The lowest BCUT2D eigenvalue weighted by molar-refractivity contribution is 0.576. The van der Waals surface area contributed by atoms with E-state index in [4.69, 9.17) is 0 Å². The van der Waals surface area contributed by atoms with Gasteiger partial charge >= 0.3 is 0 Å². The molecule has 100 valence electrons. The van der Waals surface area contributed by atoms with E-state index in [2.05, 4.69) is 23.8 Å². The van der Waals surface area contributed by atoms with Crippen LogP contribution in [0.15, 0.2) is 16.8 Å². The van der Waals surface area contributed by atoms with Gasteiger partial charge in [0.1, 0.15) is 0 Å². The second kappa shape index (κ2) is 7.96. The van der Waals surface area contributed by atoms with Crippen molar-refractivity contribution in [2.24, 2.45) is 0 Å². The van der Waals surface area contributed by atoms with E-state index in [1.807, 2.05) is 22.7 Å². The average Bonchev–Trinajstić information content (AvgIpc) is 2.93. The minimum absolute atomic E-state index is 1.29. The highest BCUT2D eigenvalue weighted by atomic mass is 32.1. The molecule has 2 aromatic rings. The Morgan fingerprint density at radius 1 is 0.889 bits per heavy atom. The molecule has 0 N–H and O–H groups in total. The highest BCUT2D eigenvalue weighted by molar-refractivity contribution is 7.22. The van der Waals surface area contributed by atoms with Gasteiger partial charge in [-0.15, -0.1) is 11.3 Å². The zero-order chi connectivity index (χ0) is 12.6. The van der Waals surface area contributed by atoms with Gasteiger partial charge in [-0.05, 0) is 24.3 Å². The summed E-state index contributed by atoms with van der Waals surface area (Å²) in [6, 6.07) is 2.39. The van der Waals surface area contributed by atoms with Crippen molar-refractivity contribution in [1.29, 1.82) is 0 Å². The van der Waals surface area contributed by atoms with Crippen molar-refractivity contribution < 1.29 is 0 Å². The van der Waals surface area contributed by atoms with Gasteiger partial charge in [-0.25, -0.2) is 0 Å². The molecule has 0 aliphatic carbocycles. The van der Waals surface area contributed by atoms with Crippen LogP contribution in [-0.2, 0) is 6.42 Å². The molecule has 0 aliphatic heterocycles. The summed E-state index contributed by atoms with van der Waals surface area (Å²) in [5.41, 5.74) is 0. The van der Waals surface area contributed by atoms with E-state index in [1.54, 1.807) is 4.88 Å². The van der Waals surface area contributed by atoms with Crippen LogP contribution in [0.1, 0.15) is 63.2 Å². The third-order valence-corrected chi connectivity index (χ3v) is 5.56. The van der Waals surface area contributed by atoms with Crippen molar-refractivity contribution in [2.75, 3.05) is 0 Å². The third kappa shape index (κ3) is 4.40. The van der Waals surface area contributed by atoms with Crippen LogP contribution in [-0.4, -0.2) is 0 Å². The molecule has 0 bridgehead atoms. The van der Waals surface area contributed by atoms with Crippen molar-refractivity contribution in [3.63, 3.8) is 0 Å². The molecular formula is C16H24S2. The first-order valence-corrected chi connectivity index (χ1v) is 9.10. The number of hydrogen-bond acceptors (Lipinski definition) is 2. The summed E-state index contributed by atoms with van der Waals surface area (Å²) in [6.07, 6.45) is 12.6. The van der Waals surface area contributed by atoms with Crippen molar-refractivity contribution in [1.82, 2.24) is 0 Å². The van der Waals surface area contributed by atoms with Crippen LogP contribution in [0, 0.1) is 0 Å². The van der Waals surface area contributed by atoms with Gasteiger partial charge in [0.05, 0.1) is 0 Å². The molecule has 0 unspecified atom stereocenters. The van der Waals surface area contributed by atoms with Gasteiger partial charge in [0, 0.05) is 20.3 Å². The van der Waals surface area contributed by atoms with Crippen LogP contribution in [0.3, 0.4) is 0 Å². The maximum atomic E-state index is 2.39. The molecule has 0 atom stereocenters. The molecule has 0 amide bonds. The Morgan fingerprint density at radius 3 is 2.33 bits per heavy atom. The lowest BCUT2D eigenvalue weighted by Gasteiger charge is -2.00. The second-order valence-electron chi connectivity index (χ2n) is 5.13. The highest BCUT2D eigenvalue weighted by Crippen LogP contribution is 2.29. The van der Waals surface area contributed by atoms with Gasteiger partial charge in [0.25, 0.3) is 0 Å². The van der Waals surface area contributed by atoms with Crippen LogP contribution in [0.25, 0.3) is 10.1 Å². The van der Waals surface area contributed by atoms with Crippen molar-refractivity contribution in [2.45, 2.75) is 64.7 Å². The van der Waals surface area contributed by atoms with E-state index < -0.39 is 0 Å². The molecule has 0 saturated carbocycles. The molecule has 18 heavy (non-hydrogen) atoms. The summed E-state index contributed by atoms with van der Waals surface area (Å²) in [5, 5.41) is 6.00. The molecule has 2 aromatic heterocycles. The SMILES string of the molecule is CCCCCCCCCCc1cc2cscc2s1. The fourth-order valence-corrected chi connectivity index (χ4v) is 4.44. The zero-order valence-corrected chi connectivity index (χ0v) is 13.0. The molecule has 0 aromatic carbocycles. The molecule has 0 radical (unpaired) electrons. The summed E-state index contributed by atoms with van der Waals surface area (Å²) in [4.78, 5) is 1.58. The van der Waals surface area contributed by atoms with E-state index >= 15 is 0 Å². The van der Waals surface area contributed by atoms with Gasteiger partial charge < -0.3 is 0 Å². The van der Waals surface area contributed by atoms with E-state index in [0.29, 0.717) is 0 Å². The first-order valence-electron chi connectivity index (χ1n) is 7.35. The van der Waals surface area contributed by atoms with Crippen LogP contribution >= 0.6 is 22.7 Å². The first-order chi connectivity index (χ1) is 8.90. The Morgan fingerprint density at radius 2 is 1.61 bits per heavy atom. The van der Waals surface area contributed by atoms with Crippen molar-refractivity contribution in [3.05, 3.63) is 21.7 Å². The predicted octanol–water partition coefficient (Wildman–Crippen LogP) is 6.65. The zero-order valence-electron chi connectivity index (χ0n) is 11.4. The molecule has 2 rings (SSSR count). The Labute approximate surface area is 119 Å². The minimum Gasteiger partial charge on any atom is -0.150 e. The number of hydrogen-bond donors (Lipinski definition) is 0. The number of thiophene rings is 2. The lowest BCUT2D eigenvalue weighted by atomic mass is 10.1. The molecular weight excluding hydrogens is 256 g/mol. The normalized spacial score (nSPS) is 11.4. The van der Waals surface area contributed by atoms with Gasteiger partial charge in [-0.1, -0.05) is 51.9 Å². The van der Waals surface area contributed by atoms with Gasteiger partial charge in [-0.2, -0.15) is 11.3 Å². The third-order valence-electron chi connectivity index (χ3n) is 3.49. The Hall–Kier alpha value is -0.340. The van der Waals surface area contributed by atoms with Crippen LogP contribution in [0.2, 0.25) is 0 Å². The summed E-state index contributed by atoms with van der Waals surface area (Å²) < 4.78 is 1.48. The topological polar surface area (TPSA) is 0 Å². The molecule has 0 spiro atoms. The van der Waals surface area contributed by atoms with Crippen molar-refractivity contribution in [3.8, 4) is 0 Å². The standard InChI is InChI=1S/C16H24S2/c1-2-3-4-5-6-7-8-9-10-15-11-14-12-17-13-16(14)18-15/h11-13H,2-10H2,1H3. The number of fused-ring (bicyclic) bond motifs is 1. The van der Waals surface area contributed by atoms with E-state index in [1.165, 1.54) is 67.9 Å².